The maximum Gasteiger partial charge on any atom is 0.244 e. The van der Waals surface area contributed by atoms with E-state index in [0.29, 0.717) is 15.7 Å². The van der Waals surface area contributed by atoms with E-state index in [4.69, 9.17) is 23.2 Å². The predicted octanol–water partition coefficient (Wildman–Crippen LogP) is 3.69. The number of likely N-dealkylation sites (N-methyl/N-ethyl adjacent to an activating group) is 2. The lowest BCUT2D eigenvalue weighted by molar-refractivity contribution is -0.134. The van der Waals surface area contributed by atoms with Crippen LogP contribution in [0.3, 0.4) is 0 Å². The molecule has 0 fully saturated rings. The summed E-state index contributed by atoms with van der Waals surface area (Å²) in [6.45, 7) is 0.0411. The van der Waals surface area contributed by atoms with Gasteiger partial charge in [0, 0.05) is 19.8 Å². The molecular weight excluding hydrogens is 373 g/mol. The van der Waals surface area contributed by atoms with Gasteiger partial charge in [0.1, 0.15) is 6.04 Å². The van der Waals surface area contributed by atoms with E-state index in [2.05, 4.69) is 5.32 Å². The fourth-order valence-corrected chi connectivity index (χ4v) is 2.86. The second kappa shape index (κ2) is 9.03. The van der Waals surface area contributed by atoms with Gasteiger partial charge in [0.05, 0.1) is 16.6 Å². The molecule has 2 rings (SSSR count). The molecule has 0 saturated carbocycles. The number of carbonyl (C=O) groups is 2. The molecule has 2 amide bonds. The Hall–Kier alpha value is -2.08. The fraction of sp³-hybridized carbons (Fsp3) is 0.263. The van der Waals surface area contributed by atoms with E-state index in [0.717, 1.165) is 5.56 Å². The lowest BCUT2D eigenvalue weighted by Crippen LogP contribution is -2.41. The van der Waals surface area contributed by atoms with Gasteiger partial charge in [0.2, 0.25) is 11.8 Å². The number of nitrogens with zero attached hydrogens (tertiary/aromatic N) is 2. The third-order valence-electron chi connectivity index (χ3n) is 3.83. The number of amides is 2. The van der Waals surface area contributed by atoms with Gasteiger partial charge in [-0.05, 0) is 30.8 Å². The summed E-state index contributed by atoms with van der Waals surface area (Å²) in [5, 5.41) is 3.55. The highest BCUT2D eigenvalue weighted by atomic mass is 35.5. The number of hydrogen-bond donors (Lipinski definition) is 1. The summed E-state index contributed by atoms with van der Waals surface area (Å²) in [6, 6.07) is 13.7. The minimum Gasteiger partial charge on any atom is -0.347 e. The van der Waals surface area contributed by atoms with Crippen LogP contribution in [-0.4, -0.2) is 49.3 Å². The molecule has 0 spiro atoms. The molecule has 2 aromatic carbocycles. The standard InChI is InChI=1S/C19H21Cl2N3O2/c1-23(2)19(26)18(13-7-5-4-6-8-13)24(3)12-17(25)22-14-9-10-15(20)16(21)11-14/h4-11,18H,12H2,1-3H3,(H,22,25). The van der Waals surface area contributed by atoms with Crippen molar-refractivity contribution in [3.63, 3.8) is 0 Å². The van der Waals surface area contributed by atoms with Crippen LogP contribution in [0.25, 0.3) is 0 Å². The molecule has 1 unspecified atom stereocenters. The van der Waals surface area contributed by atoms with Crippen LogP contribution in [0.15, 0.2) is 48.5 Å². The third-order valence-corrected chi connectivity index (χ3v) is 4.57. The molecule has 5 nitrogen and oxygen atoms in total. The zero-order chi connectivity index (χ0) is 19.3. The van der Waals surface area contributed by atoms with Crippen LogP contribution >= 0.6 is 23.2 Å². The van der Waals surface area contributed by atoms with E-state index < -0.39 is 6.04 Å². The Labute approximate surface area is 163 Å². The van der Waals surface area contributed by atoms with Crippen molar-refractivity contribution in [2.45, 2.75) is 6.04 Å². The topological polar surface area (TPSA) is 52.7 Å². The Morgan fingerprint density at radius 1 is 1.00 bits per heavy atom. The van der Waals surface area contributed by atoms with Gasteiger partial charge < -0.3 is 10.2 Å². The maximum absolute atomic E-state index is 12.6. The van der Waals surface area contributed by atoms with Gasteiger partial charge in [-0.2, -0.15) is 0 Å². The monoisotopic (exact) mass is 393 g/mol. The van der Waals surface area contributed by atoms with E-state index in [1.165, 1.54) is 4.90 Å². The number of halogens is 2. The molecule has 0 bridgehead atoms. The average molecular weight is 394 g/mol. The lowest BCUT2D eigenvalue weighted by atomic mass is 10.0. The zero-order valence-electron chi connectivity index (χ0n) is 14.9. The Morgan fingerprint density at radius 2 is 1.65 bits per heavy atom. The van der Waals surface area contributed by atoms with E-state index in [9.17, 15) is 9.59 Å². The van der Waals surface area contributed by atoms with Gasteiger partial charge in [-0.25, -0.2) is 0 Å². The Morgan fingerprint density at radius 3 is 2.23 bits per heavy atom. The minimum absolute atomic E-state index is 0.0411. The summed E-state index contributed by atoms with van der Waals surface area (Å²) in [5.74, 6) is -0.348. The summed E-state index contributed by atoms with van der Waals surface area (Å²) in [6.07, 6.45) is 0. The molecule has 0 aliphatic rings. The second-order valence-corrected chi connectivity index (χ2v) is 6.95. The van der Waals surface area contributed by atoms with Crippen LogP contribution in [0, 0.1) is 0 Å². The summed E-state index contributed by atoms with van der Waals surface area (Å²) in [4.78, 5) is 28.3. The Bertz CT molecular complexity index is 782. The highest BCUT2D eigenvalue weighted by Crippen LogP contribution is 2.25. The van der Waals surface area contributed by atoms with E-state index >= 15 is 0 Å². The second-order valence-electron chi connectivity index (χ2n) is 6.14. The normalized spacial score (nSPS) is 11.9. The van der Waals surface area contributed by atoms with Crippen LogP contribution in [0.4, 0.5) is 5.69 Å². The Kier molecular flexibility index (Phi) is 7.03. The molecule has 0 aliphatic carbocycles. The van der Waals surface area contributed by atoms with Gasteiger partial charge in [-0.15, -0.1) is 0 Å². The highest BCUT2D eigenvalue weighted by Gasteiger charge is 2.27. The number of rotatable bonds is 6. The van der Waals surface area contributed by atoms with Gasteiger partial charge in [0.25, 0.3) is 0 Å². The first kappa shape index (κ1) is 20.2. The summed E-state index contributed by atoms with van der Waals surface area (Å²) >= 11 is 11.8. The number of benzene rings is 2. The van der Waals surface area contributed by atoms with E-state index in [1.807, 2.05) is 30.3 Å². The highest BCUT2D eigenvalue weighted by molar-refractivity contribution is 6.42. The molecule has 0 heterocycles. The summed E-state index contributed by atoms with van der Waals surface area (Å²) in [7, 11) is 5.14. The quantitative estimate of drug-likeness (QED) is 0.813. The van der Waals surface area contributed by atoms with Crippen LogP contribution in [0.2, 0.25) is 10.0 Å². The zero-order valence-corrected chi connectivity index (χ0v) is 16.4. The molecule has 0 aromatic heterocycles. The first-order chi connectivity index (χ1) is 12.3. The third kappa shape index (κ3) is 5.21. The molecule has 0 aliphatic heterocycles. The lowest BCUT2D eigenvalue weighted by Gasteiger charge is -2.29. The van der Waals surface area contributed by atoms with Gasteiger partial charge in [0.15, 0.2) is 0 Å². The number of nitrogens with one attached hydrogen (secondary N) is 1. The molecule has 138 valence electrons. The van der Waals surface area contributed by atoms with Crippen molar-refractivity contribution >= 4 is 40.7 Å². The minimum atomic E-state index is -0.550. The largest absolute Gasteiger partial charge is 0.347 e. The molecule has 26 heavy (non-hydrogen) atoms. The molecule has 1 atom stereocenters. The molecule has 7 heteroatoms. The Balaban J connectivity index is 2.13. The first-order valence-electron chi connectivity index (χ1n) is 8.01. The van der Waals surface area contributed by atoms with Gasteiger partial charge in [-0.3, -0.25) is 14.5 Å². The number of hydrogen-bond acceptors (Lipinski definition) is 3. The summed E-state index contributed by atoms with van der Waals surface area (Å²) in [5.41, 5.74) is 1.38. The molecule has 2 aromatic rings. The smallest absolute Gasteiger partial charge is 0.244 e. The molecule has 0 saturated heterocycles. The van der Waals surface area contributed by atoms with Crippen LogP contribution in [0.5, 0.6) is 0 Å². The van der Waals surface area contributed by atoms with Crippen molar-refractivity contribution in [1.82, 2.24) is 9.80 Å². The van der Waals surface area contributed by atoms with Crippen molar-refractivity contribution in [2.75, 3.05) is 33.0 Å². The number of anilines is 1. The average Bonchev–Trinajstić information content (AvgIpc) is 2.59. The SMILES string of the molecule is CN(C)C(=O)C(c1ccccc1)N(C)CC(=O)Nc1ccc(Cl)c(Cl)c1. The predicted molar refractivity (Wildman–Crippen MR) is 106 cm³/mol. The van der Waals surface area contributed by atoms with Crippen LogP contribution in [-0.2, 0) is 9.59 Å². The van der Waals surface area contributed by atoms with Crippen molar-refractivity contribution in [3.8, 4) is 0 Å². The van der Waals surface area contributed by atoms with E-state index in [1.54, 1.807) is 44.2 Å². The molecular formula is C19H21Cl2N3O2. The fourth-order valence-electron chi connectivity index (χ4n) is 2.56. The van der Waals surface area contributed by atoms with Crippen LogP contribution in [0.1, 0.15) is 11.6 Å². The van der Waals surface area contributed by atoms with Crippen molar-refractivity contribution < 1.29 is 9.59 Å². The van der Waals surface area contributed by atoms with Crippen molar-refractivity contribution in [3.05, 3.63) is 64.1 Å². The van der Waals surface area contributed by atoms with Crippen molar-refractivity contribution in [1.29, 1.82) is 0 Å². The first-order valence-corrected chi connectivity index (χ1v) is 8.76. The van der Waals surface area contributed by atoms with E-state index in [-0.39, 0.29) is 18.4 Å². The van der Waals surface area contributed by atoms with Crippen molar-refractivity contribution in [2.24, 2.45) is 0 Å². The van der Waals surface area contributed by atoms with Gasteiger partial charge in [-0.1, -0.05) is 53.5 Å². The number of carbonyl (C=O) groups excluding carboxylic acids is 2. The van der Waals surface area contributed by atoms with Gasteiger partial charge >= 0.3 is 0 Å². The molecule has 1 N–H and O–H groups in total. The maximum atomic E-state index is 12.6. The molecule has 0 radical (unpaired) electrons. The van der Waals surface area contributed by atoms with Crippen LogP contribution < -0.4 is 5.32 Å². The summed E-state index contributed by atoms with van der Waals surface area (Å²) < 4.78 is 0.